The highest BCUT2D eigenvalue weighted by molar-refractivity contribution is 6.30. The maximum Gasteiger partial charge on any atom is 0.240 e. The van der Waals surface area contributed by atoms with E-state index in [1.165, 1.54) is 12.8 Å². The van der Waals surface area contributed by atoms with E-state index in [2.05, 4.69) is 13.8 Å². The normalized spacial score (nSPS) is 15.3. The molecule has 4 nitrogen and oxygen atoms in total. The van der Waals surface area contributed by atoms with Crippen molar-refractivity contribution in [3.8, 4) is 0 Å². The Balaban J connectivity index is 1.82. The quantitative estimate of drug-likeness (QED) is 0.227. The van der Waals surface area contributed by atoms with Crippen molar-refractivity contribution in [2.45, 2.75) is 78.2 Å². The van der Waals surface area contributed by atoms with Gasteiger partial charge < -0.3 is 9.80 Å². The van der Waals surface area contributed by atoms with Crippen LogP contribution in [0, 0.1) is 5.92 Å². The summed E-state index contributed by atoms with van der Waals surface area (Å²) in [5.41, 5.74) is 2.87. The van der Waals surface area contributed by atoms with Gasteiger partial charge in [0, 0.05) is 23.8 Å². The number of amides is 2. The SMILES string of the molecule is CCCCCCN(CCCCCC)C(=O)C1Cc2cc(Cl)ccc2N(Cc2ccccc2)C1=O. The van der Waals surface area contributed by atoms with Crippen LogP contribution < -0.4 is 4.90 Å². The lowest BCUT2D eigenvalue weighted by atomic mass is 9.89. The van der Waals surface area contributed by atoms with E-state index >= 15 is 0 Å². The minimum Gasteiger partial charge on any atom is -0.342 e. The summed E-state index contributed by atoms with van der Waals surface area (Å²) in [7, 11) is 0. The Morgan fingerprint density at radius 1 is 0.941 bits per heavy atom. The van der Waals surface area contributed by atoms with E-state index in [4.69, 9.17) is 11.6 Å². The van der Waals surface area contributed by atoms with Crippen LogP contribution in [0.5, 0.6) is 0 Å². The zero-order valence-electron chi connectivity index (χ0n) is 20.8. The van der Waals surface area contributed by atoms with Gasteiger partial charge in [-0.25, -0.2) is 0 Å². The van der Waals surface area contributed by atoms with E-state index in [1.807, 2.05) is 53.4 Å². The molecule has 1 atom stereocenters. The molecule has 1 aliphatic rings. The molecule has 0 aliphatic carbocycles. The summed E-state index contributed by atoms with van der Waals surface area (Å²) in [5.74, 6) is -0.815. The number of nitrogens with zero attached hydrogens (tertiary/aromatic N) is 2. The molecule has 184 valence electrons. The first-order valence-electron chi connectivity index (χ1n) is 13.0. The van der Waals surface area contributed by atoms with Crippen LogP contribution in [0.25, 0.3) is 0 Å². The first kappa shape index (κ1) is 26.3. The van der Waals surface area contributed by atoms with Gasteiger partial charge in [-0.05, 0) is 48.6 Å². The van der Waals surface area contributed by atoms with Crippen LogP contribution in [0.2, 0.25) is 5.02 Å². The molecule has 0 bridgehead atoms. The number of hydrogen-bond donors (Lipinski definition) is 0. The van der Waals surface area contributed by atoms with Crippen molar-refractivity contribution in [3.05, 3.63) is 64.7 Å². The van der Waals surface area contributed by atoms with E-state index < -0.39 is 5.92 Å². The van der Waals surface area contributed by atoms with Gasteiger partial charge in [0.2, 0.25) is 11.8 Å². The molecule has 34 heavy (non-hydrogen) atoms. The Hall–Kier alpha value is -2.33. The molecule has 3 rings (SSSR count). The monoisotopic (exact) mass is 482 g/mol. The molecule has 5 heteroatoms. The number of benzene rings is 2. The minimum atomic E-state index is -0.688. The van der Waals surface area contributed by atoms with E-state index in [0.29, 0.717) is 18.0 Å². The predicted octanol–water partition coefficient (Wildman–Crippen LogP) is 7.03. The zero-order chi connectivity index (χ0) is 24.3. The summed E-state index contributed by atoms with van der Waals surface area (Å²) in [6, 6.07) is 15.6. The number of fused-ring (bicyclic) bond motifs is 1. The standard InChI is InChI=1S/C29H39ClN2O2/c1-3-5-7-12-18-31(19-13-8-6-4-2)28(33)26-21-24-20-25(30)16-17-27(24)32(29(26)34)22-23-14-10-9-11-15-23/h9-11,14-17,20,26H,3-8,12-13,18-19,21-22H2,1-2H3. The second-order valence-corrected chi connectivity index (χ2v) is 9.82. The van der Waals surface area contributed by atoms with Gasteiger partial charge in [0.1, 0.15) is 5.92 Å². The summed E-state index contributed by atoms with van der Waals surface area (Å²) < 4.78 is 0. The van der Waals surface area contributed by atoms with E-state index in [1.54, 1.807) is 4.90 Å². The largest absolute Gasteiger partial charge is 0.342 e. The number of hydrogen-bond acceptors (Lipinski definition) is 2. The van der Waals surface area contributed by atoms with Gasteiger partial charge in [-0.2, -0.15) is 0 Å². The van der Waals surface area contributed by atoms with Crippen molar-refractivity contribution in [2.75, 3.05) is 18.0 Å². The fourth-order valence-electron chi connectivity index (χ4n) is 4.73. The molecular weight excluding hydrogens is 444 g/mol. The van der Waals surface area contributed by atoms with E-state index in [0.717, 1.165) is 68.4 Å². The first-order valence-corrected chi connectivity index (χ1v) is 13.4. The molecule has 0 saturated carbocycles. The molecule has 1 aliphatic heterocycles. The van der Waals surface area contributed by atoms with Gasteiger partial charge in [-0.1, -0.05) is 94.3 Å². The molecular formula is C29H39ClN2O2. The predicted molar refractivity (Wildman–Crippen MR) is 141 cm³/mol. The van der Waals surface area contributed by atoms with Gasteiger partial charge >= 0.3 is 0 Å². The Kier molecular flexibility index (Phi) is 10.5. The lowest BCUT2D eigenvalue weighted by Gasteiger charge is -2.36. The zero-order valence-corrected chi connectivity index (χ0v) is 21.5. The lowest BCUT2D eigenvalue weighted by Crippen LogP contribution is -2.49. The maximum atomic E-state index is 13.8. The topological polar surface area (TPSA) is 40.6 Å². The summed E-state index contributed by atoms with van der Waals surface area (Å²) in [4.78, 5) is 31.2. The highest BCUT2D eigenvalue weighted by Crippen LogP contribution is 2.34. The molecule has 2 aromatic rings. The van der Waals surface area contributed by atoms with Crippen LogP contribution >= 0.6 is 11.6 Å². The van der Waals surface area contributed by atoms with Gasteiger partial charge in [-0.15, -0.1) is 0 Å². The number of anilines is 1. The lowest BCUT2D eigenvalue weighted by molar-refractivity contribution is -0.141. The summed E-state index contributed by atoms with van der Waals surface area (Å²) in [6.45, 7) is 6.30. The third kappa shape index (κ3) is 7.09. The number of carbonyl (C=O) groups excluding carboxylic acids is 2. The maximum absolute atomic E-state index is 13.8. The van der Waals surface area contributed by atoms with Crippen LogP contribution in [0.3, 0.4) is 0 Å². The van der Waals surface area contributed by atoms with Gasteiger partial charge in [0.05, 0.1) is 6.54 Å². The molecule has 0 fully saturated rings. The van der Waals surface area contributed by atoms with Gasteiger partial charge in [-0.3, -0.25) is 9.59 Å². The number of unbranched alkanes of at least 4 members (excludes halogenated alkanes) is 6. The fourth-order valence-corrected chi connectivity index (χ4v) is 4.92. The van der Waals surface area contributed by atoms with Crippen molar-refractivity contribution in [1.82, 2.24) is 4.90 Å². The Morgan fingerprint density at radius 2 is 1.59 bits per heavy atom. The average Bonchev–Trinajstić information content (AvgIpc) is 2.85. The van der Waals surface area contributed by atoms with Crippen molar-refractivity contribution in [1.29, 1.82) is 0 Å². The minimum absolute atomic E-state index is 0.0262. The smallest absolute Gasteiger partial charge is 0.240 e. The average molecular weight is 483 g/mol. The van der Waals surface area contributed by atoms with Crippen molar-refractivity contribution in [3.63, 3.8) is 0 Å². The number of rotatable bonds is 13. The highest BCUT2D eigenvalue weighted by atomic mass is 35.5. The van der Waals surface area contributed by atoms with Crippen molar-refractivity contribution < 1.29 is 9.59 Å². The van der Waals surface area contributed by atoms with Crippen LogP contribution in [0.15, 0.2) is 48.5 Å². The molecule has 1 heterocycles. The Labute approximate surface area is 210 Å². The molecule has 0 N–H and O–H groups in total. The molecule has 0 aromatic heterocycles. The van der Waals surface area contributed by atoms with Crippen LogP contribution in [0.4, 0.5) is 5.69 Å². The molecule has 0 radical (unpaired) electrons. The van der Waals surface area contributed by atoms with Gasteiger partial charge in [0.15, 0.2) is 0 Å². The molecule has 0 saturated heterocycles. The Bertz CT molecular complexity index is 919. The number of halogens is 1. The third-order valence-electron chi connectivity index (χ3n) is 6.68. The molecule has 0 spiro atoms. The van der Waals surface area contributed by atoms with E-state index in [-0.39, 0.29) is 11.8 Å². The molecule has 2 amide bonds. The molecule has 2 aromatic carbocycles. The van der Waals surface area contributed by atoms with E-state index in [9.17, 15) is 9.59 Å². The highest BCUT2D eigenvalue weighted by Gasteiger charge is 2.39. The van der Waals surface area contributed by atoms with Crippen LogP contribution in [-0.2, 0) is 22.6 Å². The molecule has 1 unspecified atom stereocenters. The first-order chi connectivity index (χ1) is 16.5. The fraction of sp³-hybridized carbons (Fsp3) is 0.517. The van der Waals surface area contributed by atoms with Crippen molar-refractivity contribution >= 4 is 29.1 Å². The second kappa shape index (κ2) is 13.5. The summed E-state index contributed by atoms with van der Waals surface area (Å²) >= 11 is 6.31. The van der Waals surface area contributed by atoms with Crippen molar-refractivity contribution in [2.24, 2.45) is 5.92 Å². The van der Waals surface area contributed by atoms with Crippen LogP contribution in [0.1, 0.15) is 76.3 Å². The Morgan fingerprint density at radius 3 is 2.21 bits per heavy atom. The second-order valence-electron chi connectivity index (χ2n) is 9.39. The summed E-state index contributed by atoms with van der Waals surface area (Å²) in [6.07, 6.45) is 9.32. The van der Waals surface area contributed by atoms with Gasteiger partial charge in [0.25, 0.3) is 0 Å². The van der Waals surface area contributed by atoms with Crippen LogP contribution in [-0.4, -0.2) is 29.8 Å². The third-order valence-corrected chi connectivity index (χ3v) is 6.91. The number of carbonyl (C=O) groups is 2. The summed E-state index contributed by atoms with van der Waals surface area (Å²) in [5, 5.41) is 0.634.